The first-order valence-electron chi connectivity index (χ1n) is 12.4. The molecule has 5 rings (SSSR count). The monoisotopic (exact) mass is 426 g/mol. The highest BCUT2D eigenvalue weighted by atomic mass is 16.6. The number of nitrogens with zero attached hydrogens (tertiary/aromatic N) is 1. The van der Waals surface area contributed by atoms with E-state index in [1.807, 2.05) is 0 Å². The van der Waals surface area contributed by atoms with Crippen LogP contribution < -0.4 is 5.32 Å². The molecule has 5 nitrogen and oxygen atoms in total. The van der Waals surface area contributed by atoms with Crippen LogP contribution in [0.3, 0.4) is 0 Å². The van der Waals surface area contributed by atoms with Gasteiger partial charge < -0.3 is 14.9 Å². The maximum atomic E-state index is 11.8. The van der Waals surface area contributed by atoms with Crippen molar-refractivity contribution < 1.29 is 14.4 Å². The molecule has 1 aliphatic heterocycles. The molecule has 170 valence electrons. The summed E-state index contributed by atoms with van der Waals surface area (Å²) < 4.78 is 5.75. The second-order valence-electron chi connectivity index (χ2n) is 10.9. The van der Waals surface area contributed by atoms with Crippen LogP contribution in [0.15, 0.2) is 29.0 Å². The average molecular weight is 427 g/mol. The Morgan fingerprint density at radius 1 is 1.19 bits per heavy atom. The molecule has 0 aromatic heterocycles. The van der Waals surface area contributed by atoms with Crippen molar-refractivity contribution in [2.75, 3.05) is 19.7 Å². The number of ether oxygens (including phenoxy) is 1. The Kier molecular flexibility index (Phi) is 5.52. The van der Waals surface area contributed by atoms with E-state index in [4.69, 9.17) is 9.57 Å². The quantitative estimate of drug-likeness (QED) is 0.399. The molecule has 4 aliphatic carbocycles. The molecular formula is C26H38N2O3. The number of oxime groups is 1. The summed E-state index contributed by atoms with van der Waals surface area (Å²) >= 11 is 0. The van der Waals surface area contributed by atoms with Gasteiger partial charge in [0, 0.05) is 25.3 Å². The molecule has 4 unspecified atom stereocenters. The summed E-state index contributed by atoms with van der Waals surface area (Å²) in [5, 5.41) is 7.87. The van der Waals surface area contributed by atoms with Crippen LogP contribution in [0.5, 0.6) is 0 Å². The maximum absolute atomic E-state index is 11.8. The van der Waals surface area contributed by atoms with E-state index in [0.29, 0.717) is 23.9 Å². The van der Waals surface area contributed by atoms with Gasteiger partial charge in [0.1, 0.15) is 12.7 Å². The Balaban J connectivity index is 1.42. The van der Waals surface area contributed by atoms with Crippen LogP contribution in [0.1, 0.15) is 71.6 Å². The Morgan fingerprint density at radius 3 is 2.84 bits per heavy atom. The minimum atomic E-state index is -0.165. The molecular weight excluding hydrogens is 388 g/mol. The summed E-state index contributed by atoms with van der Waals surface area (Å²) in [7, 11) is 0. The SMILES string of the molecule is C=C1CCC2C3CCC4=CC(=NOC5CCNC5)CC[C@]4(COC(C)=O)C3CC[C@]12C. The minimum Gasteiger partial charge on any atom is -0.465 e. The van der Waals surface area contributed by atoms with Crippen LogP contribution in [-0.2, 0) is 14.4 Å². The molecule has 0 aromatic carbocycles. The molecule has 1 N–H and O–H groups in total. The van der Waals surface area contributed by atoms with Gasteiger partial charge in [-0.2, -0.15) is 0 Å². The van der Waals surface area contributed by atoms with Gasteiger partial charge in [-0.05, 0) is 87.2 Å². The third-order valence-electron chi connectivity index (χ3n) is 9.52. The lowest BCUT2D eigenvalue weighted by molar-refractivity contribution is -0.148. The van der Waals surface area contributed by atoms with Crippen LogP contribution >= 0.6 is 0 Å². The number of nitrogens with one attached hydrogen (secondary N) is 1. The van der Waals surface area contributed by atoms with E-state index in [2.05, 4.69) is 30.1 Å². The number of rotatable bonds is 4. The van der Waals surface area contributed by atoms with E-state index >= 15 is 0 Å². The molecule has 6 atom stereocenters. The van der Waals surface area contributed by atoms with Gasteiger partial charge in [-0.1, -0.05) is 29.8 Å². The second-order valence-corrected chi connectivity index (χ2v) is 10.9. The van der Waals surface area contributed by atoms with Gasteiger partial charge in [-0.15, -0.1) is 0 Å². The predicted octanol–water partition coefficient (Wildman–Crippen LogP) is 4.78. The van der Waals surface area contributed by atoms with Crippen molar-refractivity contribution in [3.05, 3.63) is 23.8 Å². The van der Waals surface area contributed by atoms with E-state index in [0.717, 1.165) is 50.4 Å². The molecule has 0 aromatic rings. The first-order chi connectivity index (χ1) is 14.9. The second kappa shape index (κ2) is 8.06. The zero-order valence-corrected chi connectivity index (χ0v) is 19.3. The first-order valence-corrected chi connectivity index (χ1v) is 12.4. The normalized spacial score (nSPS) is 43.1. The number of allylic oxidation sites excluding steroid dienone is 2. The van der Waals surface area contributed by atoms with Crippen molar-refractivity contribution in [3.8, 4) is 0 Å². The standard InChI is InChI=1S/C26H38N2O3/c1-17-4-7-23-22-6-5-19-14-20(28-31-21-10-13-27-15-21)8-12-26(19,16-30-18(2)29)24(22)9-11-25(17,23)3/h14,21-24,27H,1,4-13,15-16H2,2-3H3/t21?,22?,23?,24?,25-,26-/m1/s1. The third kappa shape index (κ3) is 3.57. The van der Waals surface area contributed by atoms with E-state index in [1.54, 1.807) is 6.92 Å². The van der Waals surface area contributed by atoms with Gasteiger partial charge in [0.05, 0.1) is 5.71 Å². The molecule has 5 aliphatic rings. The largest absolute Gasteiger partial charge is 0.465 e. The van der Waals surface area contributed by atoms with E-state index < -0.39 is 0 Å². The Labute approximate surface area is 186 Å². The van der Waals surface area contributed by atoms with Gasteiger partial charge in [0.15, 0.2) is 0 Å². The predicted molar refractivity (Wildman–Crippen MR) is 122 cm³/mol. The number of esters is 1. The van der Waals surface area contributed by atoms with Crippen molar-refractivity contribution in [2.45, 2.75) is 77.7 Å². The third-order valence-corrected chi connectivity index (χ3v) is 9.52. The lowest BCUT2D eigenvalue weighted by Gasteiger charge is -2.58. The Bertz CT molecular complexity index is 811. The van der Waals surface area contributed by atoms with Crippen molar-refractivity contribution in [2.24, 2.45) is 33.7 Å². The van der Waals surface area contributed by atoms with Gasteiger partial charge in [-0.25, -0.2) is 0 Å². The molecule has 1 heterocycles. The molecule has 31 heavy (non-hydrogen) atoms. The van der Waals surface area contributed by atoms with Crippen LogP contribution in [0.2, 0.25) is 0 Å². The van der Waals surface area contributed by atoms with Crippen molar-refractivity contribution in [1.82, 2.24) is 5.32 Å². The Morgan fingerprint density at radius 2 is 2.06 bits per heavy atom. The molecule has 0 spiro atoms. The van der Waals surface area contributed by atoms with Crippen LogP contribution in [0, 0.1) is 28.6 Å². The van der Waals surface area contributed by atoms with E-state index in [1.165, 1.54) is 43.3 Å². The Hall–Kier alpha value is -1.62. The van der Waals surface area contributed by atoms with Gasteiger partial charge in [0.25, 0.3) is 0 Å². The fourth-order valence-electron chi connectivity index (χ4n) is 7.71. The van der Waals surface area contributed by atoms with Crippen molar-refractivity contribution in [1.29, 1.82) is 0 Å². The summed E-state index contributed by atoms with van der Waals surface area (Å²) in [5.41, 5.74) is 4.29. The molecule has 0 bridgehead atoms. The van der Waals surface area contributed by atoms with Crippen molar-refractivity contribution in [3.63, 3.8) is 0 Å². The van der Waals surface area contributed by atoms with E-state index in [9.17, 15) is 4.79 Å². The van der Waals surface area contributed by atoms with Crippen LogP contribution in [0.4, 0.5) is 0 Å². The number of carbonyl (C=O) groups is 1. The summed E-state index contributed by atoms with van der Waals surface area (Å²) in [5.74, 6) is 1.88. The lowest BCUT2D eigenvalue weighted by atomic mass is 9.47. The zero-order chi connectivity index (χ0) is 21.6. The van der Waals surface area contributed by atoms with E-state index in [-0.39, 0.29) is 17.5 Å². The van der Waals surface area contributed by atoms with Gasteiger partial charge in [-0.3, -0.25) is 4.79 Å². The molecule has 0 amide bonds. The molecule has 0 radical (unpaired) electrons. The van der Waals surface area contributed by atoms with Gasteiger partial charge in [0.2, 0.25) is 0 Å². The summed E-state index contributed by atoms with van der Waals surface area (Å²) in [6.45, 7) is 10.9. The highest BCUT2D eigenvalue weighted by molar-refractivity contribution is 5.96. The number of hydrogen-bond acceptors (Lipinski definition) is 5. The smallest absolute Gasteiger partial charge is 0.302 e. The molecule has 3 saturated carbocycles. The number of hydrogen-bond donors (Lipinski definition) is 1. The summed E-state index contributed by atoms with van der Waals surface area (Å²) in [4.78, 5) is 17.6. The van der Waals surface area contributed by atoms with Crippen LogP contribution in [-0.4, -0.2) is 37.5 Å². The highest BCUT2D eigenvalue weighted by Gasteiger charge is 2.59. The number of carbonyl (C=O) groups excluding carboxylic acids is 1. The zero-order valence-electron chi connectivity index (χ0n) is 19.3. The summed E-state index contributed by atoms with van der Waals surface area (Å²) in [6, 6.07) is 0. The summed E-state index contributed by atoms with van der Waals surface area (Å²) in [6.07, 6.45) is 12.7. The maximum Gasteiger partial charge on any atom is 0.302 e. The van der Waals surface area contributed by atoms with Crippen molar-refractivity contribution >= 4 is 11.7 Å². The first kappa shape index (κ1) is 21.2. The molecule has 1 saturated heterocycles. The fraction of sp³-hybridized carbons (Fsp3) is 0.769. The topological polar surface area (TPSA) is 59.9 Å². The molecule has 4 fully saturated rings. The number of fused-ring (bicyclic) bond motifs is 5. The molecule has 5 heteroatoms. The fourth-order valence-corrected chi connectivity index (χ4v) is 7.71. The minimum absolute atomic E-state index is 0.0201. The average Bonchev–Trinajstić information content (AvgIpc) is 3.38. The van der Waals surface area contributed by atoms with Gasteiger partial charge >= 0.3 is 5.97 Å². The van der Waals surface area contributed by atoms with Crippen LogP contribution in [0.25, 0.3) is 0 Å². The lowest BCUT2D eigenvalue weighted by Crippen LogP contribution is -2.52. The highest BCUT2D eigenvalue weighted by Crippen LogP contribution is 2.66.